The van der Waals surface area contributed by atoms with Crippen LogP contribution in [0.25, 0.3) is 0 Å². The van der Waals surface area contributed by atoms with E-state index in [1.165, 1.54) is 0 Å². The van der Waals surface area contributed by atoms with Gasteiger partial charge in [-0.15, -0.1) is 0 Å². The fraction of sp³-hybridized carbons (Fsp3) is 0.667. The summed E-state index contributed by atoms with van der Waals surface area (Å²) in [6.07, 6.45) is 0.349. The molecular formula is C6H10N2O4S. The van der Waals surface area contributed by atoms with Crippen LogP contribution in [0.4, 0.5) is 0 Å². The van der Waals surface area contributed by atoms with Gasteiger partial charge < -0.3 is 11.1 Å². The van der Waals surface area contributed by atoms with E-state index in [9.17, 15) is 18.0 Å². The van der Waals surface area contributed by atoms with E-state index in [2.05, 4.69) is 11.1 Å². The molecule has 0 bridgehead atoms. The first-order valence-corrected chi connectivity index (χ1v) is 5.53. The van der Waals surface area contributed by atoms with Crippen molar-refractivity contribution in [1.29, 1.82) is 0 Å². The average Bonchev–Trinajstić information content (AvgIpc) is 2.30. The zero-order valence-corrected chi connectivity index (χ0v) is 7.63. The van der Waals surface area contributed by atoms with E-state index in [1.807, 2.05) is 0 Å². The maximum Gasteiger partial charge on any atom is 0.309 e. The van der Waals surface area contributed by atoms with E-state index in [4.69, 9.17) is 0 Å². The summed E-state index contributed by atoms with van der Waals surface area (Å²) < 4.78 is 21.8. The first kappa shape index (κ1) is 9.97. The summed E-state index contributed by atoms with van der Waals surface area (Å²) in [6, 6.07) is -0.468. The molecule has 13 heavy (non-hydrogen) atoms. The van der Waals surface area contributed by atoms with E-state index in [-0.39, 0.29) is 11.5 Å². The van der Waals surface area contributed by atoms with Crippen LogP contribution in [0.2, 0.25) is 0 Å². The Labute approximate surface area is 75.4 Å². The van der Waals surface area contributed by atoms with Gasteiger partial charge in [0.05, 0.1) is 11.5 Å². The molecule has 1 heterocycles. The monoisotopic (exact) mass is 206 g/mol. The summed E-state index contributed by atoms with van der Waals surface area (Å²) >= 11 is 0. The van der Waals surface area contributed by atoms with Gasteiger partial charge in [-0.25, -0.2) is 8.42 Å². The number of carbonyl (C=O) groups is 2. The summed E-state index contributed by atoms with van der Waals surface area (Å²) in [5, 5.41) is 2.24. The Balaban J connectivity index is 2.50. The fourth-order valence-corrected chi connectivity index (χ4v) is 2.84. The summed E-state index contributed by atoms with van der Waals surface area (Å²) in [7, 11) is -3.03. The molecule has 1 rings (SSSR count). The van der Waals surface area contributed by atoms with Gasteiger partial charge >= 0.3 is 11.8 Å². The molecule has 0 radical (unpaired) electrons. The Morgan fingerprint density at radius 1 is 1.38 bits per heavy atom. The second-order valence-electron chi connectivity index (χ2n) is 2.94. The van der Waals surface area contributed by atoms with Gasteiger partial charge in [-0.2, -0.15) is 0 Å². The van der Waals surface area contributed by atoms with Gasteiger partial charge in [0, 0.05) is 6.04 Å². The summed E-state index contributed by atoms with van der Waals surface area (Å²) in [4.78, 5) is 21.0. The van der Waals surface area contributed by atoms with Gasteiger partial charge in [0.2, 0.25) is 0 Å². The molecule has 3 N–H and O–H groups in total. The Bertz CT molecular complexity index is 335. The predicted octanol–water partition coefficient (Wildman–Crippen LogP) is -2.22. The highest BCUT2D eigenvalue weighted by Gasteiger charge is 2.29. The molecule has 1 aliphatic rings. The van der Waals surface area contributed by atoms with Crippen LogP contribution in [0.1, 0.15) is 6.42 Å². The second-order valence-corrected chi connectivity index (χ2v) is 5.17. The SMILES string of the molecule is NC(=O)C(=O)NC1CCS(=O)(=O)C1. The number of carbonyl (C=O) groups excluding carboxylic acids is 2. The normalized spacial score (nSPS) is 25.4. The van der Waals surface area contributed by atoms with Crippen LogP contribution in [0, 0.1) is 0 Å². The first-order chi connectivity index (χ1) is 5.91. The van der Waals surface area contributed by atoms with Gasteiger partial charge in [-0.1, -0.05) is 0 Å². The number of hydrogen-bond acceptors (Lipinski definition) is 4. The van der Waals surface area contributed by atoms with Gasteiger partial charge in [0.15, 0.2) is 9.84 Å². The molecule has 74 valence electrons. The Hall–Kier alpha value is -1.11. The van der Waals surface area contributed by atoms with Crippen molar-refractivity contribution in [3.8, 4) is 0 Å². The van der Waals surface area contributed by atoms with Crippen molar-refractivity contribution >= 4 is 21.7 Å². The lowest BCUT2D eigenvalue weighted by atomic mass is 10.2. The van der Waals surface area contributed by atoms with E-state index in [1.54, 1.807) is 0 Å². The number of rotatable bonds is 1. The van der Waals surface area contributed by atoms with Crippen molar-refractivity contribution < 1.29 is 18.0 Å². The van der Waals surface area contributed by atoms with Crippen LogP contribution >= 0.6 is 0 Å². The number of nitrogens with one attached hydrogen (secondary N) is 1. The smallest absolute Gasteiger partial charge is 0.309 e. The van der Waals surface area contributed by atoms with Crippen LogP contribution < -0.4 is 11.1 Å². The number of hydrogen-bond donors (Lipinski definition) is 2. The molecule has 0 aliphatic carbocycles. The zero-order chi connectivity index (χ0) is 10.1. The Morgan fingerprint density at radius 3 is 2.38 bits per heavy atom. The topological polar surface area (TPSA) is 106 Å². The summed E-state index contributed by atoms with van der Waals surface area (Å²) in [5.74, 6) is -2.07. The predicted molar refractivity (Wildman–Crippen MR) is 44.4 cm³/mol. The van der Waals surface area contributed by atoms with Gasteiger partial charge in [0.1, 0.15) is 0 Å². The first-order valence-electron chi connectivity index (χ1n) is 3.71. The maximum absolute atomic E-state index is 10.9. The molecule has 1 saturated heterocycles. The van der Waals surface area contributed by atoms with E-state index >= 15 is 0 Å². The molecule has 1 fully saturated rings. The van der Waals surface area contributed by atoms with Crippen LogP contribution in [0.15, 0.2) is 0 Å². The quantitative estimate of drug-likeness (QED) is 0.474. The molecule has 0 aromatic carbocycles. The lowest BCUT2D eigenvalue weighted by Crippen LogP contribution is -2.42. The minimum atomic E-state index is -3.03. The maximum atomic E-state index is 10.9. The largest absolute Gasteiger partial charge is 0.361 e. The second kappa shape index (κ2) is 3.33. The minimum absolute atomic E-state index is 0.0523. The van der Waals surface area contributed by atoms with Crippen molar-refractivity contribution in [1.82, 2.24) is 5.32 Å². The molecular weight excluding hydrogens is 196 g/mol. The summed E-state index contributed by atoms with van der Waals surface area (Å²) in [5.41, 5.74) is 4.68. The van der Waals surface area contributed by atoms with Crippen molar-refractivity contribution in [2.75, 3.05) is 11.5 Å². The Morgan fingerprint density at radius 2 is 2.00 bits per heavy atom. The molecule has 7 heteroatoms. The number of primary amides is 1. The van der Waals surface area contributed by atoms with Crippen molar-refractivity contribution in [2.45, 2.75) is 12.5 Å². The third kappa shape index (κ3) is 2.69. The molecule has 2 amide bonds. The number of nitrogens with two attached hydrogens (primary N) is 1. The van der Waals surface area contributed by atoms with Crippen LogP contribution in [0.3, 0.4) is 0 Å². The molecule has 1 aliphatic heterocycles. The fourth-order valence-electron chi connectivity index (χ4n) is 1.17. The minimum Gasteiger partial charge on any atom is -0.361 e. The van der Waals surface area contributed by atoms with Gasteiger partial charge in [-0.05, 0) is 6.42 Å². The van der Waals surface area contributed by atoms with Crippen LogP contribution in [-0.4, -0.2) is 37.8 Å². The highest BCUT2D eigenvalue weighted by Crippen LogP contribution is 2.10. The zero-order valence-electron chi connectivity index (χ0n) is 6.82. The molecule has 0 spiro atoms. The molecule has 1 unspecified atom stereocenters. The van der Waals surface area contributed by atoms with E-state index in [0.717, 1.165) is 0 Å². The number of amides is 2. The summed E-state index contributed by atoms with van der Waals surface area (Å²) in [6.45, 7) is 0. The standard InChI is InChI=1S/C6H10N2O4S/c7-5(9)6(10)8-4-1-2-13(11,12)3-4/h4H,1-3H2,(H2,7,9)(H,8,10). The molecule has 0 aromatic rings. The average molecular weight is 206 g/mol. The lowest BCUT2D eigenvalue weighted by Gasteiger charge is -2.07. The van der Waals surface area contributed by atoms with Gasteiger partial charge in [-0.3, -0.25) is 9.59 Å². The van der Waals surface area contributed by atoms with E-state index in [0.29, 0.717) is 6.42 Å². The lowest BCUT2D eigenvalue weighted by molar-refractivity contribution is -0.137. The van der Waals surface area contributed by atoms with Crippen molar-refractivity contribution in [2.24, 2.45) is 5.73 Å². The third-order valence-electron chi connectivity index (χ3n) is 1.79. The van der Waals surface area contributed by atoms with Crippen LogP contribution in [0.5, 0.6) is 0 Å². The molecule has 0 saturated carbocycles. The van der Waals surface area contributed by atoms with Gasteiger partial charge in [0.25, 0.3) is 0 Å². The Kier molecular flexibility index (Phi) is 2.55. The highest BCUT2D eigenvalue weighted by molar-refractivity contribution is 7.91. The van der Waals surface area contributed by atoms with Crippen molar-refractivity contribution in [3.63, 3.8) is 0 Å². The number of sulfone groups is 1. The van der Waals surface area contributed by atoms with E-state index < -0.39 is 27.7 Å². The molecule has 1 atom stereocenters. The third-order valence-corrected chi connectivity index (χ3v) is 3.56. The highest BCUT2D eigenvalue weighted by atomic mass is 32.2. The van der Waals surface area contributed by atoms with Crippen molar-refractivity contribution in [3.05, 3.63) is 0 Å². The van der Waals surface area contributed by atoms with Crippen LogP contribution in [-0.2, 0) is 19.4 Å². The molecule has 6 nitrogen and oxygen atoms in total. The molecule has 0 aromatic heterocycles.